The molecule has 0 fully saturated rings. The molecule has 0 aromatic carbocycles. The first-order valence-electron chi connectivity index (χ1n) is 0. The van der Waals surface area contributed by atoms with E-state index in [-0.39, 0.29) is 91.9 Å². The van der Waals surface area contributed by atoms with Crippen LogP contribution < -0.4 is 0 Å². The van der Waals surface area contributed by atoms with Crippen molar-refractivity contribution in [2.24, 2.45) is 0 Å². The Bertz CT molecular complexity index is 6.85. The second-order valence-corrected chi connectivity index (χ2v) is 0. The average molecular weight is 378 g/mol. The molecule has 0 atom stereocenters. The average Bonchev–Trinajstić information content (AvgIpc) is 0. The minimum atomic E-state index is 0. The van der Waals surface area contributed by atoms with Gasteiger partial charge in [0.2, 0.25) is 0 Å². The summed E-state index contributed by atoms with van der Waals surface area (Å²) in [6.45, 7) is 0. The van der Waals surface area contributed by atoms with E-state index in [1.165, 1.54) is 0 Å². The maximum Gasteiger partial charge on any atom is 3.00 e. The Kier molecular flexibility index (Phi) is 341. The van der Waals surface area contributed by atoms with Crippen molar-refractivity contribution >= 4 is 0 Å². The Morgan fingerprint density at radius 2 is 0.600 bits per heavy atom. The first-order valence-corrected chi connectivity index (χ1v) is 0. The van der Waals surface area contributed by atoms with Crippen LogP contribution in [0.15, 0.2) is 0 Å². The molecule has 0 bridgehead atoms. The van der Waals surface area contributed by atoms with Gasteiger partial charge in [-0.25, -0.2) is 0 Å². The SMILES string of the molecule is [Dy+3].[Er+3].[O-2].[O-2].[O-2]. The van der Waals surface area contributed by atoms with Crippen LogP contribution in [0.1, 0.15) is 0 Å². The van der Waals surface area contributed by atoms with Crippen molar-refractivity contribution in [3.8, 4) is 0 Å². The van der Waals surface area contributed by atoms with Gasteiger partial charge in [-0.15, -0.1) is 0 Å². The van der Waals surface area contributed by atoms with Gasteiger partial charge in [0.15, 0.2) is 0 Å². The zero-order chi connectivity index (χ0) is 0. The van der Waals surface area contributed by atoms with Crippen LogP contribution in [0.25, 0.3) is 0 Å². The van der Waals surface area contributed by atoms with E-state index in [4.69, 9.17) is 0 Å². The zero-order valence-electron chi connectivity index (χ0n) is 1.83. The summed E-state index contributed by atoms with van der Waals surface area (Å²) in [5.41, 5.74) is 0. The van der Waals surface area contributed by atoms with E-state index < -0.39 is 0 Å². The van der Waals surface area contributed by atoms with Gasteiger partial charge in [-0.1, -0.05) is 0 Å². The van der Waals surface area contributed by atoms with Crippen LogP contribution in [-0.2, 0) is 16.4 Å². The minimum absolute atomic E-state index is 0. The molecular formula is DyErO3. The maximum atomic E-state index is 0. The maximum absolute atomic E-state index is 0. The van der Waals surface area contributed by atoms with Crippen molar-refractivity contribution < 1.29 is 91.9 Å². The first kappa shape index (κ1) is 52.6. The number of hydrogen-bond acceptors (Lipinski definition) is 0. The number of rotatable bonds is 0. The summed E-state index contributed by atoms with van der Waals surface area (Å²) >= 11 is 0. The van der Waals surface area contributed by atoms with Gasteiger partial charge >= 0.3 is 75.5 Å². The van der Waals surface area contributed by atoms with Crippen molar-refractivity contribution in [3.63, 3.8) is 0 Å². The Morgan fingerprint density at radius 1 is 0.600 bits per heavy atom. The Balaban J connectivity index is 0. The Morgan fingerprint density at radius 3 is 0.600 bits per heavy atom. The zero-order valence-corrected chi connectivity index (χ0v) is 5.71. The second-order valence-electron chi connectivity index (χ2n) is 0. The third-order valence-electron chi connectivity index (χ3n) is 0. The van der Waals surface area contributed by atoms with Gasteiger partial charge in [-0.3, -0.25) is 0 Å². The van der Waals surface area contributed by atoms with Gasteiger partial charge in [0.05, 0.1) is 0 Å². The van der Waals surface area contributed by atoms with E-state index in [9.17, 15) is 0 Å². The van der Waals surface area contributed by atoms with Crippen LogP contribution >= 0.6 is 0 Å². The molecule has 0 aliphatic heterocycles. The van der Waals surface area contributed by atoms with Gasteiger partial charge in [0.1, 0.15) is 0 Å². The van der Waals surface area contributed by atoms with Crippen LogP contribution in [0, 0.1) is 75.5 Å². The summed E-state index contributed by atoms with van der Waals surface area (Å²) in [5.74, 6) is 0. The van der Waals surface area contributed by atoms with Crippen molar-refractivity contribution in [1.29, 1.82) is 0 Å². The molecule has 0 saturated heterocycles. The molecule has 0 spiro atoms. The molecule has 0 aromatic rings. The summed E-state index contributed by atoms with van der Waals surface area (Å²) in [7, 11) is 0. The van der Waals surface area contributed by atoms with Crippen molar-refractivity contribution in [1.82, 2.24) is 0 Å². The molecule has 40 valence electrons. The van der Waals surface area contributed by atoms with Gasteiger partial charge in [0, 0.05) is 0 Å². The van der Waals surface area contributed by atoms with Crippen LogP contribution in [0.3, 0.4) is 0 Å². The largest absolute Gasteiger partial charge is 3.00 e. The van der Waals surface area contributed by atoms with E-state index in [0.717, 1.165) is 0 Å². The molecule has 0 aliphatic carbocycles. The van der Waals surface area contributed by atoms with Crippen molar-refractivity contribution in [2.75, 3.05) is 0 Å². The van der Waals surface area contributed by atoms with Gasteiger partial charge in [-0.2, -0.15) is 0 Å². The molecule has 0 N–H and O–H groups in total. The fraction of sp³-hybridized carbons (Fsp3) is 0. The molecule has 0 heterocycles. The normalized spacial score (nSPS) is 0. The summed E-state index contributed by atoms with van der Waals surface area (Å²) in [6.07, 6.45) is 0. The standard InChI is InChI=1S/Dy.Er.3O/q2*+3;3*-2. The van der Waals surface area contributed by atoms with Crippen LogP contribution in [-0.4, -0.2) is 0 Å². The van der Waals surface area contributed by atoms with E-state index >= 15 is 0 Å². The molecule has 0 aliphatic rings. The van der Waals surface area contributed by atoms with E-state index in [0.29, 0.717) is 0 Å². The van der Waals surface area contributed by atoms with E-state index in [1.54, 1.807) is 0 Å². The summed E-state index contributed by atoms with van der Waals surface area (Å²) < 4.78 is 0. The predicted molar refractivity (Wildman–Crippen MR) is 2.06 cm³/mol. The summed E-state index contributed by atoms with van der Waals surface area (Å²) in [6, 6.07) is 0. The summed E-state index contributed by atoms with van der Waals surface area (Å²) in [5, 5.41) is 0. The van der Waals surface area contributed by atoms with Crippen LogP contribution in [0.4, 0.5) is 0 Å². The topological polar surface area (TPSA) is 85.5 Å². The van der Waals surface area contributed by atoms with E-state index in [2.05, 4.69) is 0 Å². The first-order chi connectivity index (χ1) is 0. The fourth-order valence-corrected chi connectivity index (χ4v) is 0. The molecule has 5 heteroatoms. The molecule has 5 heavy (non-hydrogen) atoms. The third kappa shape index (κ3) is 21.5. The molecule has 0 unspecified atom stereocenters. The van der Waals surface area contributed by atoms with Crippen LogP contribution in [0.2, 0.25) is 0 Å². The van der Waals surface area contributed by atoms with Gasteiger partial charge < -0.3 is 16.4 Å². The molecule has 0 aromatic heterocycles. The molecule has 2 radical (unpaired) electrons. The Labute approximate surface area is 90.0 Å². The second kappa shape index (κ2) is 32.4. The number of hydrogen-bond donors (Lipinski definition) is 0. The molecular weight excluding hydrogens is 378 g/mol. The Hall–Kier alpha value is 2.40. The molecule has 0 rings (SSSR count). The quantitative estimate of drug-likeness (QED) is 0.552. The van der Waals surface area contributed by atoms with Crippen LogP contribution in [0.5, 0.6) is 0 Å². The minimum Gasteiger partial charge on any atom is -2.00 e. The summed E-state index contributed by atoms with van der Waals surface area (Å²) in [4.78, 5) is 0. The molecule has 0 amide bonds. The van der Waals surface area contributed by atoms with E-state index in [1.807, 2.05) is 0 Å². The van der Waals surface area contributed by atoms with Crippen molar-refractivity contribution in [3.05, 3.63) is 0 Å². The van der Waals surface area contributed by atoms with Crippen molar-refractivity contribution in [2.45, 2.75) is 0 Å². The fourth-order valence-electron chi connectivity index (χ4n) is 0. The predicted octanol–water partition coefficient (Wildman–Crippen LogP) is -0.356. The monoisotopic (exact) mass is 378 g/mol. The molecule has 3 nitrogen and oxygen atoms in total. The smallest absolute Gasteiger partial charge is 2.00 e. The van der Waals surface area contributed by atoms with Gasteiger partial charge in [-0.05, 0) is 0 Å². The van der Waals surface area contributed by atoms with Gasteiger partial charge in [0.25, 0.3) is 0 Å². The third-order valence-corrected chi connectivity index (χ3v) is 0. The molecule has 0 saturated carbocycles.